The molecule has 0 bridgehead atoms. The van der Waals surface area contributed by atoms with Crippen molar-refractivity contribution in [2.45, 2.75) is 65.6 Å². The molecular weight excluding hydrogens is 513 g/mol. The topological polar surface area (TPSA) is 61.8 Å². The summed E-state index contributed by atoms with van der Waals surface area (Å²) in [5.41, 5.74) is 1.92. The highest BCUT2D eigenvalue weighted by molar-refractivity contribution is 14.0. The van der Waals surface area contributed by atoms with Gasteiger partial charge in [-0.05, 0) is 65.7 Å². The second-order valence-electron chi connectivity index (χ2n) is 9.06. The highest BCUT2D eigenvalue weighted by Gasteiger charge is 2.21. The smallest absolute Gasteiger partial charge is 0.191 e. The zero-order valence-corrected chi connectivity index (χ0v) is 22.3. The lowest BCUT2D eigenvalue weighted by atomic mass is 10.1. The Morgan fingerprint density at radius 3 is 2.50 bits per heavy atom. The maximum absolute atomic E-state index is 6.12. The maximum atomic E-state index is 6.12. The number of hydrogen-bond donors (Lipinski definition) is 2. The molecule has 1 fully saturated rings. The molecule has 1 aromatic heterocycles. The monoisotopic (exact) mass is 551 g/mol. The molecule has 2 N–H and O–H groups in total. The number of anilines is 1. The van der Waals surface area contributed by atoms with Crippen molar-refractivity contribution in [1.82, 2.24) is 15.6 Å². The molecule has 7 heteroatoms. The molecule has 0 saturated carbocycles. The average molecular weight is 552 g/mol. The zero-order valence-electron chi connectivity index (χ0n) is 20.0. The number of guanidine groups is 1. The SMILES string of the molecule is CCNC(=NCc1ccccc1OC(C)(C)C)NC1CCN(c2cccc(C)n2)CC1.I. The summed E-state index contributed by atoms with van der Waals surface area (Å²) in [6.45, 7) is 13.7. The number of piperidine rings is 1. The second kappa shape index (κ2) is 12.3. The molecule has 0 radical (unpaired) electrons. The van der Waals surface area contributed by atoms with Gasteiger partial charge in [0.1, 0.15) is 17.2 Å². The Hall–Kier alpha value is -2.03. The molecule has 0 aliphatic carbocycles. The standard InChI is InChI=1S/C25H37N5O.HI/c1-6-26-24(27-18-20-11-7-8-12-22(20)31-25(3,4)5)29-21-14-16-30(17-15-21)23-13-9-10-19(2)28-23;/h7-13,21H,6,14-18H2,1-5H3,(H2,26,27,29);1H. The van der Waals surface area contributed by atoms with Gasteiger partial charge < -0.3 is 20.3 Å². The largest absolute Gasteiger partial charge is 0.488 e. The Morgan fingerprint density at radius 2 is 1.84 bits per heavy atom. The number of para-hydroxylation sites is 1. The molecule has 6 nitrogen and oxygen atoms in total. The Kier molecular flexibility index (Phi) is 10.1. The first-order valence-corrected chi connectivity index (χ1v) is 11.3. The van der Waals surface area contributed by atoms with E-state index in [1.807, 2.05) is 31.2 Å². The number of aliphatic imine (C=N–C) groups is 1. The Bertz CT molecular complexity index is 873. The van der Waals surface area contributed by atoms with Crippen LogP contribution in [0.5, 0.6) is 5.75 Å². The van der Waals surface area contributed by atoms with Crippen LogP contribution >= 0.6 is 24.0 Å². The third-order valence-electron chi connectivity index (χ3n) is 5.17. The summed E-state index contributed by atoms with van der Waals surface area (Å²) in [6.07, 6.45) is 2.12. The molecule has 0 unspecified atom stereocenters. The van der Waals surface area contributed by atoms with Gasteiger partial charge in [-0.3, -0.25) is 0 Å². The Balaban J connectivity index is 0.00000363. The molecule has 2 aromatic rings. The number of hydrogen-bond acceptors (Lipinski definition) is 4. The number of benzene rings is 1. The van der Waals surface area contributed by atoms with E-state index in [-0.39, 0.29) is 29.6 Å². The van der Waals surface area contributed by atoms with Crippen molar-refractivity contribution < 1.29 is 4.74 Å². The van der Waals surface area contributed by atoms with Crippen LogP contribution in [0.2, 0.25) is 0 Å². The van der Waals surface area contributed by atoms with E-state index in [1.165, 1.54) is 0 Å². The van der Waals surface area contributed by atoms with E-state index in [9.17, 15) is 0 Å². The Morgan fingerprint density at radius 1 is 1.12 bits per heavy atom. The summed E-state index contributed by atoms with van der Waals surface area (Å²) in [5, 5.41) is 7.02. The first-order chi connectivity index (χ1) is 14.8. The fourth-order valence-corrected chi connectivity index (χ4v) is 3.70. The van der Waals surface area contributed by atoms with Crippen LogP contribution in [0.3, 0.4) is 0 Å². The molecule has 0 amide bonds. The molecule has 1 aromatic carbocycles. The normalized spacial score (nSPS) is 15.2. The molecule has 1 aliphatic rings. The van der Waals surface area contributed by atoms with Gasteiger partial charge in [-0.2, -0.15) is 0 Å². The van der Waals surface area contributed by atoms with E-state index in [0.29, 0.717) is 12.6 Å². The van der Waals surface area contributed by atoms with Gasteiger partial charge >= 0.3 is 0 Å². The van der Waals surface area contributed by atoms with Crippen molar-refractivity contribution >= 4 is 35.8 Å². The van der Waals surface area contributed by atoms with Gasteiger partial charge in [0.2, 0.25) is 0 Å². The van der Waals surface area contributed by atoms with Crippen LogP contribution in [-0.4, -0.2) is 42.2 Å². The number of halogens is 1. The lowest BCUT2D eigenvalue weighted by Crippen LogP contribution is -2.48. The van der Waals surface area contributed by atoms with Gasteiger partial charge in [-0.25, -0.2) is 9.98 Å². The van der Waals surface area contributed by atoms with Crippen LogP contribution in [0.1, 0.15) is 51.8 Å². The predicted molar refractivity (Wildman–Crippen MR) is 144 cm³/mol. The van der Waals surface area contributed by atoms with Gasteiger partial charge in [0.15, 0.2) is 5.96 Å². The van der Waals surface area contributed by atoms with Crippen molar-refractivity contribution in [2.24, 2.45) is 4.99 Å². The van der Waals surface area contributed by atoms with Crippen molar-refractivity contribution in [3.8, 4) is 5.75 Å². The zero-order chi connectivity index (χ0) is 22.3. The molecule has 3 rings (SSSR count). The highest BCUT2D eigenvalue weighted by atomic mass is 127. The van der Waals surface area contributed by atoms with Gasteiger partial charge in [0.25, 0.3) is 0 Å². The third-order valence-corrected chi connectivity index (χ3v) is 5.17. The van der Waals surface area contributed by atoms with Crippen LogP contribution in [0.4, 0.5) is 5.82 Å². The van der Waals surface area contributed by atoms with Gasteiger partial charge in [0, 0.05) is 36.9 Å². The predicted octanol–water partition coefficient (Wildman–Crippen LogP) is 4.91. The molecule has 2 heterocycles. The number of ether oxygens (including phenoxy) is 1. The van der Waals surface area contributed by atoms with Crippen LogP contribution in [0, 0.1) is 6.92 Å². The molecule has 0 atom stereocenters. The van der Waals surface area contributed by atoms with E-state index in [0.717, 1.165) is 61.3 Å². The van der Waals surface area contributed by atoms with E-state index >= 15 is 0 Å². The molecule has 32 heavy (non-hydrogen) atoms. The van der Waals surface area contributed by atoms with E-state index < -0.39 is 0 Å². The van der Waals surface area contributed by atoms with Crippen molar-refractivity contribution in [3.63, 3.8) is 0 Å². The number of aromatic nitrogens is 1. The van der Waals surface area contributed by atoms with Gasteiger partial charge in [0.05, 0.1) is 6.54 Å². The number of nitrogens with one attached hydrogen (secondary N) is 2. The maximum Gasteiger partial charge on any atom is 0.191 e. The summed E-state index contributed by atoms with van der Waals surface area (Å²) in [5.74, 6) is 2.84. The van der Waals surface area contributed by atoms with Gasteiger partial charge in [-0.15, -0.1) is 24.0 Å². The first kappa shape index (κ1) is 26.2. The minimum absolute atomic E-state index is 0. The second-order valence-corrected chi connectivity index (χ2v) is 9.06. The van der Waals surface area contributed by atoms with E-state index in [2.05, 4.69) is 66.4 Å². The fraction of sp³-hybridized carbons (Fsp3) is 0.520. The molecule has 0 spiro atoms. The van der Waals surface area contributed by atoms with Crippen LogP contribution < -0.4 is 20.3 Å². The minimum atomic E-state index is -0.233. The van der Waals surface area contributed by atoms with Crippen molar-refractivity contribution in [1.29, 1.82) is 0 Å². The minimum Gasteiger partial charge on any atom is -0.488 e. The summed E-state index contributed by atoms with van der Waals surface area (Å²) < 4.78 is 6.12. The molecule has 176 valence electrons. The van der Waals surface area contributed by atoms with Crippen molar-refractivity contribution in [2.75, 3.05) is 24.5 Å². The van der Waals surface area contributed by atoms with E-state index in [1.54, 1.807) is 0 Å². The molecule has 1 saturated heterocycles. The summed E-state index contributed by atoms with van der Waals surface area (Å²) in [4.78, 5) is 11.9. The number of pyridine rings is 1. The molecule has 1 aliphatic heterocycles. The van der Waals surface area contributed by atoms with Gasteiger partial charge in [-0.1, -0.05) is 24.3 Å². The van der Waals surface area contributed by atoms with E-state index in [4.69, 9.17) is 9.73 Å². The van der Waals surface area contributed by atoms with Crippen molar-refractivity contribution in [3.05, 3.63) is 53.7 Å². The third kappa shape index (κ3) is 8.15. The van der Waals surface area contributed by atoms with Crippen LogP contribution in [-0.2, 0) is 6.54 Å². The highest BCUT2D eigenvalue weighted by Crippen LogP contribution is 2.24. The summed E-state index contributed by atoms with van der Waals surface area (Å²) >= 11 is 0. The van der Waals surface area contributed by atoms with Crippen LogP contribution in [0.25, 0.3) is 0 Å². The first-order valence-electron chi connectivity index (χ1n) is 11.3. The lowest BCUT2D eigenvalue weighted by Gasteiger charge is -2.34. The number of rotatable bonds is 6. The number of aryl methyl sites for hydroxylation is 1. The molecular formula is C25H38IN5O. The summed E-state index contributed by atoms with van der Waals surface area (Å²) in [6, 6.07) is 14.8. The number of nitrogens with zero attached hydrogens (tertiary/aromatic N) is 3. The lowest BCUT2D eigenvalue weighted by molar-refractivity contribution is 0.129. The quantitative estimate of drug-likeness (QED) is 0.304. The average Bonchev–Trinajstić information content (AvgIpc) is 2.72. The summed E-state index contributed by atoms with van der Waals surface area (Å²) in [7, 11) is 0. The Labute approximate surface area is 210 Å². The fourth-order valence-electron chi connectivity index (χ4n) is 3.70. The van der Waals surface area contributed by atoms with Crippen LogP contribution in [0.15, 0.2) is 47.5 Å².